The molecule has 0 bridgehead atoms. The molecule has 1 aromatic rings. The molecule has 0 aromatic heterocycles. The van der Waals surface area contributed by atoms with E-state index in [1.807, 2.05) is 11.8 Å². The Balaban J connectivity index is 2.60. The van der Waals surface area contributed by atoms with E-state index in [-0.39, 0.29) is 19.1 Å². The lowest BCUT2D eigenvalue weighted by Crippen LogP contribution is -2.35. The number of hydrogen-bond donors (Lipinski definition) is 3. The molecule has 5 nitrogen and oxygen atoms in total. The molecule has 0 fully saturated rings. The summed E-state index contributed by atoms with van der Waals surface area (Å²) in [5.41, 5.74) is 6.74. The van der Waals surface area contributed by atoms with E-state index in [1.165, 1.54) is 0 Å². The van der Waals surface area contributed by atoms with Gasteiger partial charge in [-0.05, 0) is 31.2 Å². The van der Waals surface area contributed by atoms with Gasteiger partial charge in [0.05, 0.1) is 24.5 Å². The molecule has 0 aliphatic heterocycles. The van der Waals surface area contributed by atoms with E-state index in [0.717, 1.165) is 13.0 Å². The maximum absolute atomic E-state index is 11.9. The van der Waals surface area contributed by atoms with Crippen molar-refractivity contribution < 1.29 is 9.90 Å². The molecule has 0 heterocycles. The Morgan fingerprint density at radius 3 is 2.84 bits per heavy atom. The zero-order valence-corrected chi connectivity index (χ0v) is 11.8. The Morgan fingerprint density at radius 2 is 2.21 bits per heavy atom. The van der Waals surface area contributed by atoms with Crippen LogP contribution in [0.15, 0.2) is 18.2 Å². The third kappa shape index (κ3) is 5.46. The summed E-state index contributed by atoms with van der Waals surface area (Å²) in [6.07, 6.45) is 0.923. The van der Waals surface area contributed by atoms with Crippen LogP contribution in [0.2, 0.25) is 5.02 Å². The Bertz CT molecular complexity index is 420. The van der Waals surface area contributed by atoms with Crippen LogP contribution in [0.4, 0.5) is 11.4 Å². The number of benzene rings is 1. The molecule has 106 valence electrons. The van der Waals surface area contributed by atoms with Crippen LogP contribution in [-0.4, -0.2) is 42.2 Å². The molecule has 0 radical (unpaired) electrons. The predicted molar refractivity (Wildman–Crippen MR) is 78.3 cm³/mol. The molecule has 0 atom stereocenters. The number of anilines is 2. The highest BCUT2D eigenvalue weighted by Crippen LogP contribution is 2.22. The minimum atomic E-state index is -0.170. The molecule has 1 amide bonds. The predicted octanol–water partition coefficient (Wildman–Crippen LogP) is 1.56. The molecule has 0 aliphatic rings. The number of aliphatic hydroxyl groups is 1. The van der Waals surface area contributed by atoms with Gasteiger partial charge in [-0.1, -0.05) is 18.5 Å². The summed E-state index contributed by atoms with van der Waals surface area (Å²) in [5, 5.41) is 12.2. The minimum absolute atomic E-state index is 0.0343. The number of carbonyl (C=O) groups excluding carboxylic acids is 1. The minimum Gasteiger partial charge on any atom is -0.397 e. The molecule has 1 rings (SSSR count). The fourth-order valence-corrected chi connectivity index (χ4v) is 1.93. The van der Waals surface area contributed by atoms with Crippen LogP contribution in [0.5, 0.6) is 0 Å². The average molecular weight is 286 g/mol. The second-order valence-electron chi connectivity index (χ2n) is 4.28. The Hall–Kier alpha value is -1.30. The highest BCUT2D eigenvalue weighted by atomic mass is 35.5. The second kappa shape index (κ2) is 7.99. The molecule has 19 heavy (non-hydrogen) atoms. The summed E-state index contributed by atoms with van der Waals surface area (Å²) >= 11 is 5.86. The van der Waals surface area contributed by atoms with Crippen molar-refractivity contribution in [1.82, 2.24) is 4.90 Å². The number of hydrogen-bond acceptors (Lipinski definition) is 4. The number of aliphatic hydroxyl groups excluding tert-OH is 1. The maximum atomic E-state index is 11.9. The van der Waals surface area contributed by atoms with E-state index in [1.54, 1.807) is 18.2 Å². The molecule has 0 aliphatic carbocycles. The van der Waals surface area contributed by atoms with E-state index in [2.05, 4.69) is 5.32 Å². The van der Waals surface area contributed by atoms with Crippen molar-refractivity contribution in [2.75, 3.05) is 37.3 Å². The van der Waals surface area contributed by atoms with Crippen LogP contribution in [-0.2, 0) is 4.79 Å². The van der Waals surface area contributed by atoms with Crippen molar-refractivity contribution in [1.29, 1.82) is 0 Å². The molecule has 0 spiro atoms. The van der Waals surface area contributed by atoms with Gasteiger partial charge in [0.1, 0.15) is 0 Å². The number of carbonyl (C=O) groups is 1. The second-order valence-corrected chi connectivity index (χ2v) is 4.72. The summed E-state index contributed by atoms with van der Waals surface area (Å²) in [6.45, 7) is 3.52. The first-order valence-corrected chi connectivity index (χ1v) is 6.62. The van der Waals surface area contributed by atoms with Crippen molar-refractivity contribution in [3.05, 3.63) is 23.2 Å². The van der Waals surface area contributed by atoms with Crippen molar-refractivity contribution >= 4 is 28.9 Å². The smallest absolute Gasteiger partial charge is 0.238 e. The molecule has 1 aromatic carbocycles. The summed E-state index contributed by atoms with van der Waals surface area (Å²) in [5.74, 6) is -0.170. The third-order valence-electron chi connectivity index (χ3n) is 2.61. The standard InChI is InChI=1S/C13H20ClN3O2/c1-2-5-17(6-7-18)9-13(19)16-12-8-10(14)3-4-11(12)15/h3-4,8,18H,2,5-7,9,15H2,1H3,(H,16,19). The highest BCUT2D eigenvalue weighted by molar-refractivity contribution is 6.31. The highest BCUT2D eigenvalue weighted by Gasteiger charge is 2.11. The average Bonchev–Trinajstić information content (AvgIpc) is 2.34. The van der Waals surface area contributed by atoms with Crippen LogP contribution < -0.4 is 11.1 Å². The number of nitrogens with one attached hydrogen (secondary N) is 1. The fourth-order valence-electron chi connectivity index (χ4n) is 1.76. The molecule has 6 heteroatoms. The monoisotopic (exact) mass is 285 g/mol. The van der Waals surface area contributed by atoms with Gasteiger partial charge in [0.2, 0.25) is 5.91 Å². The molecule has 0 saturated carbocycles. The van der Waals surface area contributed by atoms with E-state index >= 15 is 0 Å². The lowest BCUT2D eigenvalue weighted by Gasteiger charge is -2.20. The summed E-state index contributed by atoms with van der Waals surface area (Å²) in [6, 6.07) is 4.93. The zero-order valence-electron chi connectivity index (χ0n) is 11.0. The van der Waals surface area contributed by atoms with Crippen molar-refractivity contribution in [2.24, 2.45) is 0 Å². The number of rotatable bonds is 7. The lowest BCUT2D eigenvalue weighted by molar-refractivity contribution is -0.117. The van der Waals surface area contributed by atoms with Crippen LogP contribution in [0.25, 0.3) is 0 Å². The summed E-state index contributed by atoms with van der Waals surface area (Å²) < 4.78 is 0. The van der Waals surface area contributed by atoms with E-state index < -0.39 is 0 Å². The Morgan fingerprint density at radius 1 is 1.47 bits per heavy atom. The molecule has 0 unspecified atom stereocenters. The van der Waals surface area contributed by atoms with Gasteiger partial charge in [-0.15, -0.1) is 0 Å². The van der Waals surface area contributed by atoms with Crippen molar-refractivity contribution in [3.63, 3.8) is 0 Å². The first-order chi connectivity index (χ1) is 9.06. The summed E-state index contributed by atoms with van der Waals surface area (Å²) in [4.78, 5) is 13.8. The molecule has 4 N–H and O–H groups in total. The lowest BCUT2D eigenvalue weighted by atomic mass is 10.2. The topological polar surface area (TPSA) is 78.6 Å². The van der Waals surface area contributed by atoms with Crippen LogP contribution >= 0.6 is 11.6 Å². The SMILES string of the molecule is CCCN(CCO)CC(=O)Nc1cc(Cl)ccc1N. The van der Waals surface area contributed by atoms with E-state index in [4.69, 9.17) is 22.4 Å². The van der Waals surface area contributed by atoms with Crippen molar-refractivity contribution in [3.8, 4) is 0 Å². The quantitative estimate of drug-likeness (QED) is 0.665. The van der Waals surface area contributed by atoms with Gasteiger partial charge in [-0.25, -0.2) is 0 Å². The molecular formula is C13H20ClN3O2. The van der Waals surface area contributed by atoms with Crippen LogP contribution in [0.1, 0.15) is 13.3 Å². The maximum Gasteiger partial charge on any atom is 0.238 e. The van der Waals surface area contributed by atoms with Gasteiger partial charge in [-0.3, -0.25) is 9.69 Å². The molecule has 0 saturated heterocycles. The van der Waals surface area contributed by atoms with Gasteiger partial charge in [0.25, 0.3) is 0 Å². The third-order valence-corrected chi connectivity index (χ3v) is 2.85. The first-order valence-electron chi connectivity index (χ1n) is 6.25. The van der Waals surface area contributed by atoms with E-state index in [9.17, 15) is 4.79 Å². The van der Waals surface area contributed by atoms with Gasteiger partial charge in [0.15, 0.2) is 0 Å². The van der Waals surface area contributed by atoms with Crippen molar-refractivity contribution in [2.45, 2.75) is 13.3 Å². The summed E-state index contributed by atoms with van der Waals surface area (Å²) in [7, 11) is 0. The Labute approximate surface area is 118 Å². The number of nitrogens with zero attached hydrogens (tertiary/aromatic N) is 1. The normalized spacial score (nSPS) is 10.7. The molecular weight excluding hydrogens is 266 g/mol. The Kier molecular flexibility index (Phi) is 6.62. The van der Waals surface area contributed by atoms with Gasteiger partial charge in [0, 0.05) is 11.6 Å². The van der Waals surface area contributed by atoms with Gasteiger partial charge in [-0.2, -0.15) is 0 Å². The van der Waals surface area contributed by atoms with Crippen LogP contribution in [0, 0.1) is 0 Å². The number of amides is 1. The fraction of sp³-hybridized carbons (Fsp3) is 0.462. The number of nitrogen functional groups attached to an aromatic ring is 1. The van der Waals surface area contributed by atoms with E-state index in [0.29, 0.717) is 22.9 Å². The van der Waals surface area contributed by atoms with Crippen LogP contribution in [0.3, 0.4) is 0 Å². The largest absolute Gasteiger partial charge is 0.397 e. The first kappa shape index (κ1) is 15.8. The zero-order chi connectivity index (χ0) is 14.3. The van der Waals surface area contributed by atoms with Gasteiger partial charge < -0.3 is 16.2 Å². The van der Waals surface area contributed by atoms with Gasteiger partial charge >= 0.3 is 0 Å². The number of halogens is 1. The number of nitrogens with two attached hydrogens (primary N) is 1.